The van der Waals surface area contributed by atoms with Crippen molar-refractivity contribution >= 4 is 5.78 Å². The highest BCUT2D eigenvalue weighted by atomic mass is 19.1. The molecule has 0 aromatic heterocycles. The van der Waals surface area contributed by atoms with E-state index in [9.17, 15) is 9.18 Å². The van der Waals surface area contributed by atoms with Gasteiger partial charge in [-0.1, -0.05) is 19.8 Å². The third kappa shape index (κ3) is 3.63. The van der Waals surface area contributed by atoms with Crippen LogP contribution in [-0.4, -0.2) is 29.8 Å². The molecule has 0 spiro atoms. The number of benzene rings is 1. The van der Waals surface area contributed by atoms with Crippen LogP contribution in [0.3, 0.4) is 0 Å². The van der Waals surface area contributed by atoms with E-state index < -0.39 is 0 Å². The van der Waals surface area contributed by atoms with Crippen LogP contribution >= 0.6 is 0 Å². The molecule has 0 amide bonds. The number of carbonyl (C=O) groups excluding carboxylic acids is 1. The Bertz CT molecular complexity index is 409. The summed E-state index contributed by atoms with van der Waals surface area (Å²) in [4.78, 5) is 14.9. The lowest BCUT2D eigenvalue weighted by atomic mass is 9.98. The van der Waals surface area contributed by atoms with Gasteiger partial charge in [-0.05, 0) is 56.6 Å². The van der Waals surface area contributed by atoms with Crippen molar-refractivity contribution in [3.05, 3.63) is 35.6 Å². The van der Waals surface area contributed by atoms with E-state index in [0.29, 0.717) is 5.56 Å². The van der Waals surface area contributed by atoms with Crippen LogP contribution in [0.25, 0.3) is 0 Å². The fourth-order valence-corrected chi connectivity index (χ4v) is 2.74. The second kappa shape index (κ2) is 6.80. The quantitative estimate of drug-likeness (QED) is 0.730. The molecule has 1 heterocycles. The normalized spacial score (nSPS) is 17.6. The Morgan fingerprint density at radius 3 is 2.47 bits per heavy atom. The Hall–Kier alpha value is -1.22. The van der Waals surface area contributed by atoms with Crippen LogP contribution in [0, 0.1) is 5.82 Å². The zero-order valence-corrected chi connectivity index (χ0v) is 11.6. The lowest BCUT2D eigenvalue weighted by Gasteiger charge is -2.26. The van der Waals surface area contributed by atoms with Crippen molar-refractivity contribution in [2.45, 2.75) is 45.1 Å². The SMILES string of the molecule is CCCC[C@H](C(=O)c1ccc(F)cc1)N1CCCC1. The molecule has 1 aromatic carbocycles. The average molecular weight is 263 g/mol. The summed E-state index contributed by atoms with van der Waals surface area (Å²) in [6, 6.07) is 5.93. The maximum absolute atomic E-state index is 12.9. The molecule has 0 N–H and O–H groups in total. The number of hydrogen-bond acceptors (Lipinski definition) is 2. The van der Waals surface area contributed by atoms with E-state index in [1.165, 1.54) is 25.0 Å². The molecule has 0 aliphatic carbocycles. The molecule has 0 bridgehead atoms. The third-order valence-electron chi connectivity index (χ3n) is 3.84. The predicted molar refractivity (Wildman–Crippen MR) is 74.9 cm³/mol. The lowest BCUT2D eigenvalue weighted by Crippen LogP contribution is -2.39. The highest BCUT2D eigenvalue weighted by Crippen LogP contribution is 2.20. The summed E-state index contributed by atoms with van der Waals surface area (Å²) in [7, 11) is 0. The molecule has 1 aromatic rings. The molecular weight excluding hydrogens is 241 g/mol. The Kier molecular flexibility index (Phi) is 5.08. The second-order valence-corrected chi connectivity index (χ2v) is 5.27. The van der Waals surface area contributed by atoms with Gasteiger partial charge in [0.2, 0.25) is 0 Å². The standard InChI is InChI=1S/C16H22FNO/c1-2-3-6-15(18-11-4-5-12-18)16(19)13-7-9-14(17)10-8-13/h7-10,15H,2-6,11-12H2,1H3/t15-/m1/s1. The van der Waals surface area contributed by atoms with Gasteiger partial charge < -0.3 is 0 Å². The first-order chi connectivity index (χ1) is 9.22. The number of hydrogen-bond donors (Lipinski definition) is 0. The number of Topliss-reactive ketones (excluding diaryl/α,β-unsaturated/α-hetero) is 1. The van der Waals surface area contributed by atoms with Crippen molar-refractivity contribution < 1.29 is 9.18 Å². The van der Waals surface area contributed by atoms with Gasteiger partial charge in [0.25, 0.3) is 0 Å². The summed E-state index contributed by atoms with van der Waals surface area (Å²) in [5.74, 6) is -0.141. The fraction of sp³-hybridized carbons (Fsp3) is 0.562. The smallest absolute Gasteiger partial charge is 0.179 e. The molecule has 0 unspecified atom stereocenters. The van der Waals surface area contributed by atoms with Gasteiger partial charge in [0.05, 0.1) is 6.04 Å². The zero-order valence-electron chi connectivity index (χ0n) is 11.6. The summed E-state index contributed by atoms with van der Waals surface area (Å²) in [5, 5.41) is 0. The van der Waals surface area contributed by atoms with E-state index >= 15 is 0 Å². The molecule has 3 heteroatoms. The molecule has 1 aliphatic heterocycles. The van der Waals surface area contributed by atoms with Crippen LogP contribution < -0.4 is 0 Å². The average Bonchev–Trinajstić information content (AvgIpc) is 2.94. The molecule has 0 radical (unpaired) electrons. The highest BCUT2D eigenvalue weighted by Gasteiger charge is 2.28. The number of carbonyl (C=O) groups is 1. The molecule has 0 saturated carbocycles. The van der Waals surface area contributed by atoms with E-state index in [1.807, 2.05) is 0 Å². The first-order valence-electron chi connectivity index (χ1n) is 7.26. The first-order valence-corrected chi connectivity index (χ1v) is 7.26. The number of ketones is 1. The number of rotatable bonds is 6. The summed E-state index contributed by atoms with van der Waals surface area (Å²) in [5.41, 5.74) is 0.634. The highest BCUT2D eigenvalue weighted by molar-refractivity contribution is 6.00. The lowest BCUT2D eigenvalue weighted by molar-refractivity contribution is 0.0835. The predicted octanol–water partition coefficient (Wildman–Crippen LogP) is 3.66. The van der Waals surface area contributed by atoms with Crippen LogP contribution in [0.2, 0.25) is 0 Å². The van der Waals surface area contributed by atoms with Crippen molar-refractivity contribution in [1.29, 1.82) is 0 Å². The summed E-state index contributed by atoms with van der Waals surface area (Å²) >= 11 is 0. The van der Waals surface area contributed by atoms with Crippen LogP contribution in [0.1, 0.15) is 49.4 Å². The molecule has 1 aliphatic rings. The third-order valence-corrected chi connectivity index (χ3v) is 3.84. The van der Waals surface area contributed by atoms with E-state index in [2.05, 4.69) is 11.8 Å². The van der Waals surface area contributed by atoms with Crippen molar-refractivity contribution in [1.82, 2.24) is 4.90 Å². The molecule has 1 saturated heterocycles. The van der Waals surface area contributed by atoms with E-state index in [1.54, 1.807) is 12.1 Å². The van der Waals surface area contributed by atoms with Gasteiger partial charge >= 0.3 is 0 Å². The van der Waals surface area contributed by atoms with Crippen LogP contribution in [-0.2, 0) is 0 Å². The molecule has 2 rings (SSSR count). The Morgan fingerprint density at radius 1 is 1.26 bits per heavy atom. The van der Waals surface area contributed by atoms with Crippen LogP contribution in [0.4, 0.5) is 4.39 Å². The molecule has 2 nitrogen and oxygen atoms in total. The fourth-order valence-electron chi connectivity index (χ4n) is 2.74. The maximum Gasteiger partial charge on any atom is 0.179 e. The Morgan fingerprint density at radius 2 is 1.89 bits per heavy atom. The number of likely N-dealkylation sites (tertiary alicyclic amines) is 1. The topological polar surface area (TPSA) is 20.3 Å². The second-order valence-electron chi connectivity index (χ2n) is 5.27. The van der Waals surface area contributed by atoms with Gasteiger partial charge in [-0.25, -0.2) is 4.39 Å². The summed E-state index contributed by atoms with van der Waals surface area (Å²) in [6.45, 7) is 4.17. The first kappa shape index (κ1) is 14.2. The largest absolute Gasteiger partial charge is 0.293 e. The van der Waals surface area contributed by atoms with Gasteiger partial charge in [0.15, 0.2) is 5.78 Å². The molecule has 104 valence electrons. The van der Waals surface area contributed by atoms with Gasteiger partial charge in [-0.3, -0.25) is 9.69 Å². The monoisotopic (exact) mass is 263 g/mol. The maximum atomic E-state index is 12.9. The zero-order chi connectivity index (χ0) is 13.7. The molecule has 19 heavy (non-hydrogen) atoms. The number of unbranched alkanes of at least 4 members (excludes halogenated alkanes) is 1. The van der Waals surface area contributed by atoms with Crippen molar-refractivity contribution in [3.8, 4) is 0 Å². The van der Waals surface area contributed by atoms with Gasteiger partial charge in [-0.2, -0.15) is 0 Å². The van der Waals surface area contributed by atoms with Crippen LogP contribution in [0.5, 0.6) is 0 Å². The minimum atomic E-state index is -0.289. The van der Waals surface area contributed by atoms with E-state index in [4.69, 9.17) is 0 Å². The van der Waals surface area contributed by atoms with Crippen molar-refractivity contribution in [3.63, 3.8) is 0 Å². The van der Waals surface area contributed by atoms with E-state index in [0.717, 1.165) is 32.4 Å². The van der Waals surface area contributed by atoms with E-state index in [-0.39, 0.29) is 17.6 Å². The minimum Gasteiger partial charge on any atom is -0.293 e. The Labute approximate surface area is 114 Å². The van der Waals surface area contributed by atoms with Crippen molar-refractivity contribution in [2.75, 3.05) is 13.1 Å². The number of halogens is 1. The van der Waals surface area contributed by atoms with Crippen LogP contribution in [0.15, 0.2) is 24.3 Å². The molecular formula is C16H22FNO. The van der Waals surface area contributed by atoms with Gasteiger partial charge in [0, 0.05) is 5.56 Å². The summed E-state index contributed by atoms with van der Waals surface area (Å²) < 4.78 is 12.9. The van der Waals surface area contributed by atoms with Crippen molar-refractivity contribution in [2.24, 2.45) is 0 Å². The Balaban J connectivity index is 2.11. The van der Waals surface area contributed by atoms with Gasteiger partial charge in [-0.15, -0.1) is 0 Å². The molecule has 1 atom stereocenters. The van der Waals surface area contributed by atoms with Gasteiger partial charge in [0.1, 0.15) is 5.82 Å². The number of nitrogens with zero attached hydrogens (tertiary/aromatic N) is 1. The molecule has 1 fully saturated rings. The minimum absolute atomic E-state index is 0.0205. The summed E-state index contributed by atoms with van der Waals surface area (Å²) in [6.07, 6.45) is 5.43.